The van der Waals surface area contributed by atoms with Crippen molar-refractivity contribution in [1.82, 2.24) is 20.0 Å². The number of rotatable bonds is 5. The standard InChI is InChI=1S/C17H16N4O3S2/c1-10-7-19-17-21(16(10)23)12(9-26-17)6-15(22)18-8-11-5-13(24-20-11)14-3-2-4-25-14/h2-5,7,12H,6,8-9H2,1H3,(H,18,22)/t12-/m0/s1. The van der Waals surface area contributed by atoms with Gasteiger partial charge >= 0.3 is 0 Å². The van der Waals surface area contributed by atoms with Crippen LogP contribution in [0.4, 0.5) is 0 Å². The second-order valence-corrected chi connectivity index (χ2v) is 7.94. The van der Waals surface area contributed by atoms with Gasteiger partial charge in [0, 0.05) is 30.0 Å². The molecule has 26 heavy (non-hydrogen) atoms. The Morgan fingerprint density at radius 3 is 3.19 bits per heavy atom. The van der Waals surface area contributed by atoms with E-state index in [9.17, 15) is 9.59 Å². The molecule has 0 unspecified atom stereocenters. The summed E-state index contributed by atoms with van der Waals surface area (Å²) in [6.45, 7) is 2.03. The van der Waals surface area contributed by atoms with Crippen LogP contribution >= 0.6 is 23.1 Å². The van der Waals surface area contributed by atoms with Crippen LogP contribution in [0.3, 0.4) is 0 Å². The molecule has 1 aliphatic rings. The second-order valence-electron chi connectivity index (χ2n) is 6.00. The van der Waals surface area contributed by atoms with Gasteiger partial charge in [-0.15, -0.1) is 11.3 Å². The number of aryl methyl sites for hydroxylation is 1. The van der Waals surface area contributed by atoms with Gasteiger partial charge in [-0.1, -0.05) is 23.0 Å². The molecular formula is C17H16N4O3S2. The van der Waals surface area contributed by atoms with E-state index in [2.05, 4.69) is 15.5 Å². The van der Waals surface area contributed by atoms with Crippen molar-refractivity contribution in [2.24, 2.45) is 0 Å². The highest BCUT2D eigenvalue weighted by Crippen LogP contribution is 2.31. The fraction of sp³-hybridized carbons (Fsp3) is 0.294. The number of thiophene rings is 1. The van der Waals surface area contributed by atoms with Crippen LogP contribution in [-0.4, -0.2) is 26.4 Å². The zero-order valence-electron chi connectivity index (χ0n) is 14.0. The molecule has 3 aromatic heterocycles. The van der Waals surface area contributed by atoms with Gasteiger partial charge in [-0.05, 0) is 18.4 Å². The first-order chi connectivity index (χ1) is 12.6. The predicted octanol–water partition coefficient (Wildman–Crippen LogP) is 2.62. The van der Waals surface area contributed by atoms with Gasteiger partial charge < -0.3 is 9.84 Å². The van der Waals surface area contributed by atoms with E-state index in [1.165, 1.54) is 11.8 Å². The molecule has 0 aliphatic carbocycles. The number of carbonyl (C=O) groups excluding carboxylic acids is 1. The molecule has 0 saturated heterocycles. The number of hydrogen-bond acceptors (Lipinski definition) is 7. The van der Waals surface area contributed by atoms with E-state index < -0.39 is 0 Å². The molecule has 1 atom stereocenters. The van der Waals surface area contributed by atoms with Crippen LogP contribution in [0.25, 0.3) is 10.6 Å². The predicted molar refractivity (Wildman–Crippen MR) is 99.3 cm³/mol. The van der Waals surface area contributed by atoms with Crippen LogP contribution in [0.1, 0.15) is 23.7 Å². The van der Waals surface area contributed by atoms with E-state index in [1.807, 2.05) is 23.6 Å². The summed E-state index contributed by atoms with van der Waals surface area (Å²) in [6, 6.07) is 5.55. The third-order valence-electron chi connectivity index (χ3n) is 4.11. The number of amides is 1. The number of thioether (sulfide) groups is 1. The van der Waals surface area contributed by atoms with Crippen LogP contribution in [0, 0.1) is 6.92 Å². The topological polar surface area (TPSA) is 90.0 Å². The molecule has 9 heteroatoms. The smallest absolute Gasteiger partial charge is 0.257 e. The molecule has 0 spiro atoms. The van der Waals surface area contributed by atoms with E-state index >= 15 is 0 Å². The minimum absolute atomic E-state index is 0.0742. The number of nitrogens with zero attached hydrogens (tertiary/aromatic N) is 3. The minimum atomic E-state index is -0.172. The Hall–Kier alpha value is -2.39. The molecule has 4 heterocycles. The van der Waals surface area contributed by atoms with Gasteiger partial charge in [-0.2, -0.15) is 0 Å². The van der Waals surface area contributed by atoms with Crippen LogP contribution in [0.15, 0.2) is 44.3 Å². The zero-order valence-corrected chi connectivity index (χ0v) is 15.6. The lowest BCUT2D eigenvalue weighted by molar-refractivity contribution is -0.121. The Kier molecular flexibility index (Phi) is 4.64. The fourth-order valence-corrected chi connectivity index (χ4v) is 4.56. The first-order valence-corrected chi connectivity index (χ1v) is 9.95. The molecule has 7 nitrogen and oxygen atoms in total. The third kappa shape index (κ3) is 3.32. The number of hydrogen-bond donors (Lipinski definition) is 1. The molecule has 1 amide bonds. The fourth-order valence-electron chi connectivity index (χ4n) is 2.78. The maximum Gasteiger partial charge on any atom is 0.257 e. The summed E-state index contributed by atoms with van der Waals surface area (Å²) in [4.78, 5) is 29.9. The van der Waals surface area contributed by atoms with Crippen molar-refractivity contribution in [2.75, 3.05) is 5.75 Å². The monoisotopic (exact) mass is 388 g/mol. The number of fused-ring (bicyclic) bond motifs is 1. The zero-order chi connectivity index (χ0) is 18.1. The van der Waals surface area contributed by atoms with Crippen LogP contribution in [0.5, 0.6) is 0 Å². The summed E-state index contributed by atoms with van der Waals surface area (Å²) in [5.74, 6) is 1.24. The number of nitrogens with one attached hydrogen (secondary N) is 1. The van der Waals surface area contributed by atoms with Gasteiger partial charge in [0.15, 0.2) is 10.9 Å². The number of carbonyl (C=O) groups is 1. The summed E-state index contributed by atoms with van der Waals surface area (Å²) in [5, 5.41) is 9.48. The summed E-state index contributed by atoms with van der Waals surface area (Å²) in [7, 11) is 0. The van der Waals surface area contributed by atoms with Crippen molar-refractivity contribution in [2.45, 2.75) is 31.1 Å². The van der Waals surface area contributed by atoms with E-state index in [4.69, 9.17) is 4.52 Å². The lowest BCUT2D eigenvalue weighted by atomic mass is 10.2. The SMILES string of the molecule is Cc1cnc2n(c1=O)[C@@H](CC(=O)NCc1cc(-c3cccs3)on1)CS2. The molecule has 0 aromatic carbocycles. The summed E-state index contributed by atoms with van der Waals surface area (Å²) in [5.41, 5.74) is 1.18. The molecule has 1 aliphatic heterocycles. The van der Waals surface area contributed by atoms with Gasteiger partial charge in [-0.3, -0.25) is 14.2 Å². The van der Waals surface area contributed by atoms with Gasteiger partial charge in [0.1, 0.15) is 5.69 Å². The maximum absolute atomic E-state index is 12.3. The molecule has 1 N–H and O–H groups in total. The molecule has 4 rings (SSSR count). The summed E-state index contributed by atoms with van der Waals surface area (Å²) < 4.78 is 6.93. The van der Waals surface area contributed by atoms with E-state index in [1.54, 1.807) is 29.0 Å². The Balaban J connectivity index is 1.38. The normalized spacial score (nSPS) is 15.8. The Morgan fingerprint density at radius 1 is 1.50 bits per heavy atom. The van der Waals surface area contributed by atoms with E-state index in [0.717, 1.165) is 4.88 Å². The highest BCUT2D eigenvalue weighted by Gasteiger charge is 2.27. The lowest BCUT2D eigenvalue weighted by Gasteiger charge is -2.13. The average molecular weight is 388 g/mol. The maximum atomic E-state index is 12.3. The first-order valence-electron chi connectivity index (χ1n) is 8.09. The van der Waals surface area contributed by atoms with Crippen LogP contribution in [-0.2, 0) is 11.3 Å². The Bertz CT molecular complexity index is 994. The third-order valence-corrected chi connectivity index (χ3v) is 6.11. The molecule has 134 valence electrons. The van der Waals surface area contributed by atoms with Gasteiger partial charge in [0.05, 0.1) is 17.5 Å². The van der Waals surface area contributed by atoms with E-state index in [-0.39, 0.29) is 23.9 Å². The van der Waals surface area contributed by atoms with Crippen molar-refractivity contribution in [3.05, 3.63) is 51.4 Å². The number of aromatic nitrogens is 3. The van der Waals surface area contributed by atoms with Crippen molar-refractivity contribution in [3.63, 3.8) is 0 Å². The first kappa shape index (κ1) is 17.0. The molecule has 0 saturated carbocycles. The molecular weight excluding hydrogens is 372 g/mol. The van der Waals surface area contributed by atoms with E-state index in [0.29, 0.717) is 34.5 Å². The van der Waals surface area contributed by atoms with Crippen LogP contribution in [0.2, 0.25) is 0 Å². The average Bonchev–Trinajstić information content (AvgIpc) is 3.36. The van der Waals surface area contributed by atoms with Crippen molar-refractivity contribution >= 4 is 29.0 Å². The highest BCUT2D eigenvalue weighted by atomic mass is 32.2. The van der Waals surface area contributed by atoms with Crippen molar-refractivity contribution in [3.8, 4) is 10.6 Å². The van der Waals surface area contributed by atoms with Crippen molar-refractivity contribution < 1.29 is 9.32 Å². The molecule has 3 aromatic rings. The van der Waals surface area contributed by atoms with Gasteiger partial charge in [0.2, 0.25) is 5.91 Å². The lowest BCUT2D eigenvalue weighted by Crippen LogP contribution is -2.31. The van der Waals surface area contributed by atoms with Gasteiger partial charge in [-0.25, -0.2) is 4.98 Å². The Morgan fingerprint density at radius 2 is 2.38 bits per heavy atom. The minimum Gasteiger partial charge on any atom is -0.355 e. The van der Waals surface area contributed by atoms with Crippen molar-refractivity contribution in [1.29, 1.82) is 0 Å². The summed E-state index contributed by atoms with van der Waals surface area (Å²) >= 11 is 3.07. The Labute approximate surface area is 157 Å². The highest BCUT2D eigenvalue weighted by molar-refractivity contribution is 7.99. The molecule has 0 radical (unpaired) electrons. The molecule has 0 fully saturated rings. The second kappa shape index (κ2) is 7.08. The van der Waals surface area contributed by atoms with Crippen LogP contribution < -0.4 is 10.9 Å². The van der Waals surface area contributed by atoms with Gasteiger partial charge in [0.25, 0.3) is 5.56 Å². The quantitative estimate of drug-likeness (QED) is 0.676. The summed E-state index contributed by atoms with van der Waals surface area (Å²) in [6.07, 6.45) is 1.82. The molecule has 0 bridgehead atoms. The largest absolute Gasteiger partial charge is 0.355 e.